The van der Waals surface area contributed by atoms with Crippen molar-refractivity contribution in [3.8, 4) is 11.5 Å². The van der Waals surface area contributed by atoms with Crippen molar-refractivity contribution in [2.75, 3.05) is 11.4 Å². The molecule has 2 heterocycles. The highest BCUT2D eigenvalue weighted by molar-refractivity contribution is 6.01. The van der Waals surface area contributed by atoms with E-state index in [9.17, 15) is 14.4 Å². The molecule has 41 heavy (non-hydrogen) atoms. The van der Waals surface area contributed by atoms with Crippen LogP contribution in [0.4, 0.5) is 5.69 Å². The molecule has 4 N–H and O–H groups in total. The van der Waals surface area contributed by atoms with Crippen molar-refractivity contribution in [3.05, 3.63) is 83.4 Å². The van der Waals surface area contributed by atoms with Gasteiger partial charge in [0.05, 0.1) is 12.1 Å². The Morgan fingerprint density at radius 2 is 1.85 bits per heavy atom. The first-order valence-corrected chi connectivity index (χ1v) is 13.9. The Kier molecular flexibility index (Phi) is 7.90. The van der Waals surface area contributed by atoms with E-state index in [1.165, 1.54) is 0 Å². The van der Waals surface area contributed by atoms with E-state index >= 15 is 0 Å². The van der Waals surface area contributed by atoms with Gasteiger partial charge in [0, 0.05) is 29.8 Å². The van der Waals surface area contributed by atoms with E-state index in [0.717, 1.165) is 16.8 Å². The van der Waals surface area contributed by atoms with E-state index in [-0.39, 0.29) is 30.7 Å². The third kappa shape index (κ3) is 6.30. The number of amides is 3. The second kappa shape index (κ2) is 11.5. The van der Waals surface area contributed by atoms with Crippen molar-refractivity contribution in [2.45, 2.75) is 58.2 Å². The predicted octanol–water partition coefficient (Wildman–Crippen LogP) is 4.34. The van der Waals surface area contributed by atoms with Crippen LogP contribution in [0.5, 0.6) is 0 Å². The molecule has 0 bridgehead atoms. The summed E-state index contributed by atoms with van der Waals surface area (Å²) in [6, 6.07) is 20.0. The fraction of sp³-hybridized carbons (Fsp3) is 0.312. The quantitative estimate of drug-likeness (QED) is 0.298. The van der Waals surface area contributed by atoms with Crippen molar-refractivity contribution in [1.29, 1.82) is 0 Å². The summed E-state index contributed by atoms with van der Waals surface area (Å²) in [5.41, 5.74) is 10.4. The predicted molar refractivity (Wildman–Crippen MR) is 158 cm³/mol. The molecule has 0 unspecified atom stereocenters. The lowest BCUT2D eigenvalue weighted by Gasteiger charge is -2.27. The molecule has 0 aliphatic carbocycles. The number of nitrogens with zero attached hydrogens (tertiary/aromatic N) is 2. The summed E-state index contributed by atoms with van der Waals surface area (Å²) in [4.78, 5) is 45.5. The highest BCUT2D eigenvalue weighted by Crippen LogP contribution is 2.31. The number of para-hydroxylation sites is 1. The number of anilines is 1. The topological polar surface area (TPSA) is 131 Å². The summed E-state index contributed by atoms with van der Waals surface area (Å²) in [5, 5.41) is 5.75. The van der Waals surface area contributed by atoms with Crippen molar-refractivity contribution < 1.29 is 18.8 Å². The smallest absolute Gasteiger partial charge is 0.252 e. The minimum absolute atomic E-state index is 0.123. The van der Waals surface area contributed by atoms with Crippen LogP contribution in [0.25, 0.3) is 22.6 Å². The zero-order valence-electron chi connectivity index (χ0n) is 23.6. The first-order valence-electron chi connectivity index (χ1n) is 13.9. The Balaban J connectivity index is 1.44. The lowest BCUT2D eigenvalue weighted by molar-refractivity contribution is -0.128. The Bertz CT molecular complexity index is 1600. The number of hydrogen-bond donors (Lipinski definition) is 3. The molecule has 9 nitrogen and oxygen atoms in total. The van der Waals surface area contributed by atoms with Crippen LogP contribution in [0.15, 0.2) is 71.1 Å². The van der Waals surface area contributed by atoms with Gasteiger partial charge in [-0.3, -0.25) is 14.4 Å². The maximum absolute atomic E-state index is 13.8. The Morgan fingerprint density at radius 1 is 1.10 bits per heavy atom. The van der Waals surface area contributed by atoms with Crippen LogP contribution in [0.1, 0.15) is 55.1 Å². The largest absolute Gasteiger partial charge is 0.436 e. The summed E-state index contributed by atoms with van der Waals surface area (Å²) in [6.07, 6.45) is 1.28. The molecule has 0 fully saturated rings. The molecule has 1 aromatic heterocycles. The summed E-state index contributed by atoms with van der Waals surface area (Å²) < 4.78 is 6.04. The van der Waals surface area contributed by atoms with Gasteiger partial charge >= 0.3 is 0 Å². The fourth-order valence-electron chi connectivity index (χ4n) is 5.16. The molecule has 0 radical (unpaired) electrons. The standard InChI is InChI=1S/C32H35N5O4/c1-4-34-29(39)22-10-6-7-11-23(22)30-36-25-17-20(13-16-27(25)41-30)19-37-26-12-8-5-9-21(26)14-15-24(31(37)40)35-28(38)18-32(2,3)33/h5-13,16-17,24H,4,14-15,18-19,33H2,1-3H3,(H,34,39)(H,35,38)/t24-/m1/s1. The average Bonchev–Trinajstić information content (AvgIpc) is 3.31. The SMILES string of the molecule is CCNC(=O)c1ccccc1-c1nc2cc(CN3C(=O)[C@H](NC(=O)CC(C)(C)N)CCc4ccccc43)ccc2o1. The van der Waals surface area contributed by atoms with Crippen molar-refractivity contribution in [2.24, 2.45) is 5.73 Å². The zero-order chi connectivity index (χ0) is 29.1. The van der Waals surface area contributed by atoms with Gasteiger partial charge in [-0.1, -0.05) is 36.4 Å². The van der Waals surface area contributed by atoms with Crippen LogP contribution in [0.2, 0.25) is 0 Å². The number of carbonyl (C=O) groups is 3. The molecular weight excluding hydrogens is 518 g/mol. The number of benzene rings is 3. The third-order valence-corrected chi connectivity index (χ3v) is 7.03. The molecule has 1 atom stereocenters. The summed E-state index contributed by atoms with van der Waals surface area (Å²) in [7, 11) is 0. The lowest BCUT2D eigenvalue weighted by Crippen LogP contribution is -2.49. The van der Waals surface area contributed by atoms with Crippen LogP contribution >= 0.6 is 0 Å². The van der Waals surface area contributed by atoms with E-state index in [1.807, 2.05) is 61.5 Å². The van der Waals surface area contributed by atoms with E-state index in [4.69, 9.17) is 15.1 Å². The van der Waals surface area contributed by atoms with E-state index in [0.29, 0.717) is 47.5 Å². The number of carbonyl (C=O) groups excluding carboxylic acids is 3. The lowest BCUT2D eigenvalue weighted by atomic mass is 10.0. The van der Waals surface area contributed by atoms with Crippen molar-refractivity contribution in [3.63, 3.8) is 0 Å². The number of aromatic nitrogens is 1. The number of fused-ring (bicyclic) bond motifs is 2. The van der Waals surface area contributed by atoms with Crippen LogP contribution in [-0.2, 0) is 22.6 Å². The monoisotopic (exact) mass is 553 g/mol. The molecule has 4 aromatic rings. The summed E-state index contributed by atoms with van der Waals surface area (Å²) >= 11 is 0. The number of hydrogen-bond acceptors (Lipinski definition) is 6. The minimum atomic E-state index is -0.674. The van der Waals surface area contributed by atoms with Crippen molar-refractivity contribution in [1.82, 2.24) is 15.6 Å². The fourth-order valence-corrected chi connectivity index (χ4v) is 5.16. The number of oxazole rings is 1. The van der Waals surface area contributed by atoms with Gasteiger partial charge in [0.15, 0.2) is 5.58 Å². The Morgan fingerprint density at radius 3 is 2.63 bits per heavy atom. The molecule has 0 spiro atoms. The zero-order valence-corrected chi connectivity index (χ0v) is 23.6. The van der Waals surface area contributed by atoms with Gasteiger partial charge in [0.2, 0.25) is 17.7 Å². The molecule has 1 aliphatic rings. The highest BCUT2D eigenvalue weighted by Gasteiger charge is 2.32. The molecule has 9 heteroatoms. The Hall–Kier alpha value is -4.50. The Labute approximate surface area is 239 Å². The van der Waals surface area contributed by atoms with E-state index in [2.05, 4.69) is 10.6 Å². The number of nitrogens with two attached hydrogens (primary N) is 1. The van der Waals surface area contributed by atoms with Gasteiger partial charge < -0.3 is 25.7 Å². The van der Waals surface area contributed by atoms with Gasteiger partial charge in [-0.15, -0.1) is 0 Å². The van der Waals surface area contributed by atoms with Gasteiger partial charge in [-0.25, -0.2) is 4.98 Å². The first-order chi connectivity index (χ1) is 19.6. The second-order valence-corrected chi connectivity index (χ2v) is 11.1. The van der Waals surface area contributed by atoms with E-state index in [1.54, 1.807) is 30.9 Å². The number of aryl methyl sites for hydroxylation is 1. The van der Waals surface area contributed by atoms with Gasteiger partial charge in [0.1, 0.15) is 11.6 Å². The van der Waals surface area contributed by atoms with Gasteiger partial charge in [0.25, 0.3) is 5.91 Å². The molecule has 0 saturated carbocycles. The van der Waals surface area contributed by atoms with Crippen LogP contribution in [-0.4, -0.2) is 40.8 Å². The molecular formula is C32H35N5O4. The third-order valence-electron chi connectivity index (χ3n) is 7.03. The molecule has 0 saturated heterocycles. The normalized spacial score (nSPS) is 15.4. The molecule has 3 amide bonds. The maximum Gasteiger partial charge on any atom is 0.252 e. The van der Waals surface area contributed by atoms with Crippen molar-refractivity contribution >= 4 is 34.5 Å². The van der Waals surface area contributed by atoms with E-state index < -0.39 is 11.6 Å². The molecule has 3 aromatic carbocycles. The minimum Gasteiger partial charge on any atom is -0.436 e. The molecule has 1 aliphatic heterocycles. The van der Waals surface area contributed by atoms with Crippen LogP contribution in [0.3, 0.4) is 0 Å². The van der Waals surface area contributed by atoms with Gasteiger partial charge in [-0.05, 0) is 75.1 Å². The maximum atomic E-state index is 13.8. The number of nitrogens with one attached hydrogen (secondary N) is 2. The average molecular weight is 554 g/mol. The first kappa shape index (κ1) is 28.0. The molecule has 212 valence electrons. The summed E-state index contributed by atoms with van der Waals surface area (Å²) in [5.74, 6) is -0.261. The number of rotatable bonds is 8. The second-order valence-electron chi connectivity index (χ2n) is 11.1. The van der Waals surface area contributed by atoms with Crippen LogP contribution in [0, 0.1) is 0 Å². The van der Waals surface area contributed by atoms with Crippen LogP contribution < -0.4 is 21.3 Å². The molecule has 5 rings (SSSR count). The highest BCUT2D eigenvalue weighted by atomic mass is 16.3. The summed E-state index contributed by atoms with van der Waals surface area (Å²) in [6.45, 7) is 6.24. The van der Waals surface area contributed by atoms with Gasteiger partial charge in [-0.2, -0.15) is 0 Å².